The minimum absolute atomic E-state index is 0.115. The monoisotopic (exact) mass is 377 g/mol. The van der Waals surface area contributed by atoms with Gasteiger partial charge in [0.2, 0.25) is 0 Å². The van der Waals surface area contributed by atoms with Gasteiger partial charge in [0, 0.05) is 6.26 Å². The maximum absolute atomic E-state index is 12.2. The van der Waals surface area contributed by atoms with Gasteiger partial charge in [0.1, 0.15) is 5.75 Å². The second-order valence-corrected chi connectivity index (χ2v) is 7.58. The Balaban J connectivity index is 2.07. The summed E-state index contributed by atoms with van der Waals surface area (Å²) in [5.74, 6) is -0.992. The number of hydrogen-bond acceptors (Lipinski definition) is 6. The zero-order valence-electron chi connectivity index (χ0n) is 14.6. The highest BCUT2D eigenvalue weighted by Gasteiger charge is 2.20. The van der Waals surface area contributed by atoms with E-state index in [1.807, 2.05) is 13.0 Å². The first-order valence-corrected chi connectivity index (χ1v) is 9.52. The molecular weight excluding hydrogens is 358 g/mol. The molecule has 0 saturated carbocycles. The molecular formula is C18H19NO6S. The summed E-state index contributed by atoms with van der Waals surface area (Å²) in [5, 5.41) is 2.59. The fraction of sp³-hybridized carbons (Fsp3) is 0.222. The molecule has 0 aliphatic heterocycles. The largest absolute Gasteiger partial charge is 0.495 e. The molecule has 0 spiro atoms. The van der Waals surface area contributed by atoms with Gasteiger partial charge in [0.15, 0.2) is 16.4 Å². The van der Waals surface area contributed by atoms with Crippen LogP contribution in [0.1, 0.15) is 15.9 Å². The van der Waals surface area contributed by atoms with Crippen molar-refractivity contribution >= 4 is 27.4 Å². The van der Waals surface area contributed by atoms with Crippen molar-refractivity contribution in [3.63, 3.8) is 0 Å². The highest BCUT2D eigenvalue weighted by molar-refractivity contribution is 7.90. The number of methoxy groups -OCH3 is 1. The van der Waals surface area contributed by atoms with Crippen LogP contribution in [0.2, 0.25) is 0 Å². The molecule has 0 unspecified atom stereocenters. The Hall–Kier alpha value is -2.87. The van der Waals surface area contributed by atoms with Gasteiger partial charge in [-0.1, -0.05) is 18.2 Å². The van der Waals surface area contributed by atoms with E-state index in [-0.39, 0.29) is 10.5 Å². The Bertz CT molecular complexity index is 936. The number of aryl methyl sites for hydroxylation is 1. The average molecular weight is 377 g/mol. The van der Waals surface area contributed by atoms with Crippen molar-refractivity contribution in [2.75, 3.05) is 25.3 Å². The number of rotatable bonds is 6. The molecule has 0 aromatic heterocycles. The fourth-order valence-corrected chi connectivity index (χ4v) is 3.15. The SMILES string of the molecule is COc1ccc(C)cc1NC(=O)COC(=O)c1ccccc1S(C)(=O)=O. The Morgan fingerprint density at radius 1 is 1.12 bits per heavy atom. The van der Waals surface area contributed by atoms with E-state index in [4.69, 9.17) is 9.47 Å². The Morgan fingerprint density at radius 3 is 2.46 bits per heavy atom. The second kappa shape index (κ2) is 8.01. The Labute approximate surface area is 151 Å². The van der Waals surface area contributed by atoms with Crippen LogP contribution in [0.15, 0.2) is 47.4 Å². The number of sulfone groups is 1. The minimum Gasteiger partial charge on any atom is -0.495 e. The van der Waals surface area contributed by atoms with Crippen LogP contribution in [0, 0.1) is 6.92 Å². The Morgan fingerprint density at radius 2 is 1.81 bits per heavy atom. The van der Waals surface area contributed by atoms with E-state index in [1.165, 1.54) is 31.4 Å². The van der Waals surface area contributed by atoms with Gasteiger partial charge in [-0.2, -0.15) is 0 Å². The molecule has 0 aliphatic rings. The summed E-state index contributed by atoms with van der Waals surface area (Å²) in [6.45, 7) is 1.30. The van der Waals surface area contributed by atoms with Crippen LogP contribution in [-0.4, -0.2) is 40.3 Å². The molecule has 0 atom stereocenters. The lowest BCUT2D eigenvalue weighted by Gasteiger charge is -2.12. The lowest BCUT2D eigenvalue weighted by molar-refractivity contribution is -0.119. The zero-order chi connectivity index (χ0) is 19.3. The lowest BCUT2D eigenvalue weighted by atomic mass is 10.2. The second-order valence-electron chi connectivity index (χ2n) is 5.60. The third kappa shape index (κ3) is 4.82. The summed E-state index contributed by atoms with van der Waals surface area (Å²) < 4.78 is 33.6. The number of nitrogens with one attached hydrogen (secondary N) is 1. The van der Waals surface area contributed by atoms with Crippen LogP contribution < -0.4 is 10.1 Å². The summed E-state index contributed by atoms with van der Waals surface area (Å²) in [7, 11) is -2.12. The van der Waals surface area contributed by atoms with E-state index in [0.717, 1.165) is 11.8 Å². The number of ether oxygens (including phenoxy) is 2. The molecule has 8 heteroatoms. The molecule has 2 aromatic carbocycles. The number of benzene rings is 2. The van der Waals surface area contributed by atoms with Crippen molar-refractivity contribution in [2.24, 2.45) is 0 Å². The molecule has 0 fully saturated rings. The van der Waals surface area contributed by atoms with Crippen molar-refractivity contribution in [3.05, 3.63) is 53.6 Å². The number of carbonyl (C=O) groups excluding carboxylic acids is 2. The van der Waals surface area contributed by atoms with Crippen LogP contribution >= 0.6 is 0 Å². The molecule has 0 bridgehead atoms. The van der Waals surface area contributed by atoms with E-state index in [2.05, 4.69) is 5.32 Å². The summed E-state index contributed by atoms with van der Waals surface area (Å²) in [6, 6.07) is 10.9. The normalized spacial score (nSPS) is 10.9. The summed E-state index contributed by atoms with van der Waals surface area (Å²) in [4.78, 5) is 24.1. The van der Waals surface area contributed by atoms with Gasteiger partial charge >= 0.3 is 5.97 Å². The maximum atomic E-state index is 12.2. The third-order valence-corrected chi connectivity index (χ3v) is 4.62. The first-order valence-electron chi connectivity index (χ1n) is 7.63. The molecule has 0 saturated heterocycles. The highest BCUT2D eigenvalue weighted by Crippen LogP contribution is 2.25. The van der Waals surface area contributed by atoms with Crippen LogP contribution in [0.5, 0.6) is 5.75 Å². The van der Waals surface area contributed by atoms with Gasteiger partial charge < -0.3 is 14.8 Å². The molecule has 0 radical (unpaired) electrons. The van der Waals surface area contributed by atoms with Crippen molar-refractivity contribution in [3.8, 4) is 5.75 Å². The van der Waals surface area contributed by atoms with Crippen LogP contribution in [0.3, 0.4) is 0 Å². The van der Waals surface area contributed by atoms with Crippen LogP contribution in [-0.2, 0) is 19.4 Å². The number of carbonyl (C=O) groups is 2. The van der Waals surface area contributed by atoms with E-state index in [9.17, 15) is 18.0 Å². The minimum atomic E-state index is -3.60. The zero-order valence-corrected chi connectivity index (χ0v) is 15.4. The fourth-order valence-electron chi connectivity index (χ4n) is 2.27. The van der Waals surface area contributed by atoms with Gasteiger partial charge in [-0.3, -0.25) is 4.79 Å². The van der Waals surface area contributed by atoms with E-state index >= 15 is 0 Å². The van der Waals surface area contributed by atoms with Gasteiger partial charge in [-0.05, 0) is 36.8 Å². The summed E-state index contributed by atoms with van der Waals surface area (Å²) >= 11 is 0. The van der Waals surface area contributed by atoms with Crippen molar-refractivity contribution in [2.45, 2.75) is 11.8 Å². The first kappa shape index (κ1) is 19.5. The van der Waals surface area contributed by atoms with Crippen LogP contribution in [0.4, 0.5) is 5.69 Å². The number of hydrogen-bond donors (Lipinski definition) is 1. The molecule has 7 nitrogen and oxygen atoms in total. The first-order chi connectivity index (χ1) is 12.2. The van der Waals surface area contributed by atoms with Gasteiger partial charge in [0.25, 0.3) is 5.91 Å². The van der Waals surface area contributed by atoms with E-state index in [0.29, 0.717) is 11.4 Å². The third-order valence-electron chi connectivity index (χ3n) is 3.47. The maximum Gasteiger partial charge on any atom is 0.339 e. The van der Waals surface area contributed by atoms with Crippen molar-refractivity contribution < 1.29 is 27.5 Å². The topological polar surface area (TPSA) is 98.8 Å². The molecule has 1 amide bonds. The Kier molecular flexibility index (Phi) is 5.99. The highest BCUT2D eigenvalue weighted by atomic mass is 32.2. The standard InChI is InChI=1S/C18H19NO6S/c1-12-8-9-15(24-2)14(10-12)19-17(20)11-25-18(21)13-6-4-5-7-16(13)26(3,22)23/h4-10H,11H2,1-3H3,(H,19,20). The van der Waals surface area contributed by atoms with Crippen LogP contribution in [0.25, 0.3) is 0 Å². The molecule has 0 heterocycles. The van der Waals surface area contributed by atoms with Gasteiger partial charge in [-0.25, -0.2) is 13.2 Å². The number of anilines is 1. The van der Waals surface area contributed by atoms with E-state index in [1.54, 1.807) is 12.1 Å². The molecule has 0 aliphatic carbocycles. The molecule has 2 aromatic rings. The molecule has 138 valence electrons. The van der Waals surface area contributed by atoms with Crippen molar-refractivity contribution in [1.29, 1.82) is 0 Å². The average Bonchev–Trinajstić information content (AvgIpc) is 2.59. The number of amides is 1. The predicted octanol–water partition coefficient (Wildman–Crippen LogP) is 2.20. The summed E-state index contributed by atoms with van der Waals surface area (Å²) in [6.07, 6.45) is 0.996. The van der Waals surface area contributed by atoms with Gasteiger partial charge in [0.05, 0.1) is 23.3 Å². The van der Waals surface area contributed by atoms with Gasteiger partial charge in [-0.15, -0.1) is 0 Å². The predicted molar refractivity (Wildman–Crippen MR) is 96.2 cm³/mol. The smallest absolute Gasteiger partial charge is 0.339 e. The van der Waals surface area contributed by atoms with Crippen molar-refractivity contribution in [1.82, 2.24) is 0 Å². The molecule has 1 N–H and O–H groups in total. The molecule has 2 rings (SSSR count). The summed E-state index contributed by atoms with van der Waals surface area (Å²) in [5.41, 5.74) is 1.25. The number of esters is 1. The lowest BCUT2D eigenvalue weighted by Crippen LogP contribution is -2.22. The quantitative estimate of drug-likeness (QED) is 0.775. The van der Waals surface area contributed by atoms with E-state index < -0.39 is 28.3 Å². The molecule has 26 heavy (non-hydrogen) atoms.